The van der Waals surface area contributed by atoms with Gasteiger partial charge in [0.25, 0.3) is 5.69 Å². The molecule has 0 bridgehead atoms. The first-order valence-electron chi connectivity index (χ1n) is 7.49. The van der Waals surface area contributed by atoms with Gasteiger partial charge < -0.3 is 9.47 Å². The lowest BCUT2D eigenvalue weighted by molar-refractivity contribution is -0.385. The second kappa shape index (κ2) is 6.69. The van der Waals surface area contributed by atoms with Gasteiger partial charge in [-0.05, 0) is 12.1 Å². The molecule has 1 heterocycles. The van der Waals surface area contributed by atoms with E-state index in [0.717, 1.165) is 11.6 Å². The average molecular weight is 364 g/mol. The molecule has 1 N–H and O–H groups in total. The number of sulfonamides is 1. The highest BCUT2D eigenvalue weighted by Crippen LogP contribution is 2.34. The predicted molar refractivity (Wildman–Crippen MR) is 89.3 cm³/mol. The van der Waals surface area contributed by atoms with Crippen LogP contribution in [-0.4, -0.2) is 27.1 Å². The van der Waals surface area contributed by atoms with E-state index in [1.807, 2.05) is 0 Å². The zero-order valence-electron chi connectivity index (χ0n) is 13.3. The van der Waals surface area contributed by atoms with E-state index in [0.29, 0.717) is 18.8 Å². The van der Waals surface area contributed by atoms with Gasteiger partial charge in [0.15, 0.2) is 0 Å². The number of ether oxygens (including phenoxy) is 2. The molecular formula is C16H16N2O6S. The molecule has 2 aromatic carbocycles. The monoisotopic (exact) mass is 364 g/mol. The SMILES string of the molecule is COc1ccc([N+](=O)[O-])cc1S(=O)(=O)NC1CCOc2ccccc21. The Kier molecular flexibility index (Phi) is 4.60. The van der Waals surface area contributed by atoms with Gasteiger partial charge in [-0.25, -0.2) is 13.1 Å². The van der Waals surface area contributed by atoms with Crippen molar-refractivity contribution >= 4 is 15.7 Å². The molecule has 0 aromatic heterocycles. The molecule has 0 saturated carbocycles. The second-order valence-electron chi connectivity index (χ2n) is 5.44. The molecule has 2 aromatic rings. The third-order valence-electron chi connectivity index (χ3n) is 3.90. The maximum Gasteiger partial charge on any atom is 0.271 e. The molecule has 0 aliphatic carbocycles. The normalized spacial score (nSPS) is 16.6. The maximum atomic E-state index is 12.8. The molecule has 132 valence electrons. The van der Waals surface area contributed by atoms with Gasteiger partial charge in [-0.1, -0.05) is 18.2 Å². The number of methoxy groups -OCH3 is 1. The van der Waals surface area contributed by atoms with Gasteiger partial charge in [0.1, 0.15) is 16.4 Å². The lowest BCUT2D eigenvalue weighted by Gasteiger charge is -2.26. The zero-order valence-corrected chi connectivity index (χ0v) is 14.2. The average Bonchev–Trinajstić information content (AvgIpc) is 2.61. The first-order valence-corrected chi connectivity index (χ1v) is 8.97. The van der Waals surface area contributed by atoms with Gasteiger partial charge in [-0.15, -0.1) is 0 Å². The Morgan fingerprint density at radius 2 is 2.04 bits per heavy atom. The van der Waals surface area contributed by atoms with Gasteiger partial charge in [0.2, 0.25) is 10.0 Å². The summed E-state index contributed by atoms with van der Waals surface area (Å²) in [6.45, 7) is 0.371. The van der Waals surface area contributed by atoms with Gasteiger partial charge in [0, 0.05) is 24.1 Å². The number of non-ortho nitro benzene ring substituents is 1. The van der Waals surface area contributed by atoms with E-state index in [1.165, 1.54) is 19.2 Å². The van der Waals surface area contributed by atoms with E-state index in [1.54, 1.807) is 24.3 Å². The second-order valence-corrected chi connectivity index (χ2v) is 7.12. The number of rotatable bonds is 5. The zero-order chi connectivity index (χ0) is 18.0. The summed E-state index contributed by atoms with van der Waals surface area (Å²) in [7, 11) is -2.73. The van der Waals surface area contributed by atoms with Crippen LogP contribution in [0, 0.1) is 10.1 Å². The van der Waals surface area contributed by atoms with Crippen LogP contribution in [0.25, 0.3) is 0 Å². The molecule has 0 amide bonds. The van der Waals surface area contributed by atoms with Crippen molar-refractivity contribution in [1.29, 1.82) is 0 Å². The fourth-order valence-electron chi connectivity index (χ4n) is 2.70. The number of nitro benzene ring substituents is 1. The van der Waals surface area contributed by atoms with Gasteiger partial charge >= 0.3 is 0 Å². The lowest BCUT2D eigenvalue weighted by Crippen LogP contribution is -2.32. The molecule has 9 heteroatoms. The summed E-state index contributed by atoms with van der Waals surface area (Å²) in [6, 6.07) is 10.1. The van der Waals surface area contributed by atoms with Crippen LogP contribution in [0.3, 0.4) is 0 Å². The predicted octanol–water partition coefficient (Wildman–Crippen LogP) is 2.41. The Labute approximate surface area is 144 Å². The minimum Gasteiger partial charge on any atom is -0.495 e. The molecule has 1 aliphatic rings. The van der Waals surface area contributed by atoms with Gasteiger partial charge in [-0.3, -0.25) is 10.1 Å². The molecule has 0 fully saturated rings. The summed E-state index contributed by atoms with van der Waals surface area (Å²) in [6.07, 6.45) is 0.452. The van der Waals surface area contributed by atoms with Crippen LogP contribution >= 0.6 is 0 Å². The molecular weight excluding hydrogens is 348 g/mol. The summed E-state index contributed by atoms with van der Waals surface area (Å²) in [5.41, 5.74) is 0.398. The number of nitro groups is 1. The number of hydrogen-bond acceptors (Lipinski definition) is 6. The van der Waals surface area contributed by atoms with E-state index in [9.17, 15) is 18.5 Å². The lowest BCUT2D eigenvalue weighted by atomic mass is 10.0. The number of nitrogens with one attached hydrogen (secondary N) is 1. The molecule has 25 heavy (non-hydrogen) atoms. The minimum absolute atomic E-state index is 0.0402. The highest BCUT2D eigenvalue weighted by Gasteiger charge is 2.29. The summed E-state index contributed by atoms with van der Waals surface area (Å²) in [5, 5.41) is 11.0. The Balaban J connectivity index is 1.98. The van der Waals surface area contributed by atoms with Crippen LogP contribution in [-0.2, 0) is 10.0 Å². The van der Waals surface area contributed by atoms with Crippen molar-refractivity contribution in [3.63, 3.8) is 0 Å². The van der Waals surface area contributed by atoms with Crippen molar-refractivity contribution in [2.24, 2.45) is 0 Å². The fraction of sp³-hybridized carbons (Fsp3) is 0.250. The Hall–Kier alpha value is -2.65. The first kappa shape index (κ1) is 17.2. The van der Waals surface area contributed by atoms with Crippen LogP contribution in [0.2, 0.25) is 0 Å². The highest BCUT2D eigenvalue weighted by atomic mass is 32.2. The molecule has 1 atom stereocenters. The van der Waals surface area contributed by atoms with Crippen molar-refractivity contribution in [1.82, 2.24) is 4.72 Å². The van der Waals surface area contributed by atoms with Crippen LogP contribution in [0.5, 0.6) is 11.5 Å². The third kappa shape index (κ3) is 3.42. The molecule has 0 spiro atoms. The van der Waals surface area contributed by atoms with E-state index in [2.05, 4.69) is 4.72 Å². The van der Waals surface area contributed by atoms with E-state index < -0.39 is 21.0 Å². The van der Waals surface area contributed by atoms with Crippen LogP contribution < -0.4 is 14.2 Å². The fourth-order valence-corrected chi connectivity index (χ4v) is 4.14. The van der Waals surface area contributed by atoms with Gasteiger partial charge in [0.05, 0.1) is 24.7 Å². The first-order chi connectivity index (χ1) is 11.9. The summed E-state index contributed by atoms with van der Waals surface area (Å²) in [5.74, 6) is 0.658. The van der Waals surface area contributed by atoms with E-state index in [-0.39, 0.29) is 16.3 Å². The van der Waals surface area contributed by atoms with Crippen LogP contribution in [0.15, 0.2) is 47.4 Å². The van der Waals surface area contributed by atoms with Crippen LogP contribution in [0.4, 0.5) is 5.69 Å². The standard InChI is InChI=1S/C16H16N2O6S/c1-23-15-7-6-11(18(19)20)10-16(15)25(21,22)17-13-8-9-24-14-5-3-2-4-12(13)14/h2-7,10,13,17H,8-9H2,1H3. The minimum atomic E-state index is -4.04. The highest BCUT2D eigenvalue weighted by molar-refractivity contribution is 7.89. The smallest absolute Gasteiger partial charge is 0.271 e. The summed E-state index contributed by atoms with van der Waals surface area (Å²) >= 11 is 0. The Bertz CT molecular complexity index is 913. The number of benzene rings is 2. The molecule has 0 saturated heterocycles. The Morgan fingerprint density at radius 1 is 1.28 bits per heavy atom. The van der Waals surface area contributed by atoms with Crippen molar-refractivity contribution < 1.29 is 22.8 Å². The molecule has 0 radical (unpaired) electrons. The van der Waals surface area contributed by atoms with Gasteiger partial charge in [-0.2, -0.15) is 0 Å². The number of para-hydroxylation sites is 1. The number of fused-ring (bicyclic) bond motifs is 1. The van der Waals surface area contributed by atoms with Crippen LogP contribution in [0.1, 0.15) is 18.0 Å². The largest absolute Gasteiger partial charge is 0.495 e. The van der Waals surface area contributed by atoms with Crippen molar-refractivity contribution in [3.8, 4) is 11.5 Å². The quantitative estimate of drug-likeness (QED) is 0.645. The number of nitrogens with zero attached hydrogens (tertiary/aromatic N) is 1. The number of hydrogen-bond donors (Lipinski definition) is 1. The molecule has 3 rings (SSSR count). The topological polar surface area (TPSA) is 108 Å². The van der Waals surface area contributed by atoms with Crippen molar-refractivity contribution in [2.45, 2.75) is 17.4 Å². The maximum absolute atomic E-state index is 12.8. The van der Waals surface area contributed by atoms with E-state index in [4.69, 9.17) is 9.47 Å². The van der Waals surface area contributed by atoms with E-state index >= 15 is 0 Å². The summed E-state index contributed by atoms with van der Waals surface area (Å²) in [4.78, 5) is 10.0. The summed E-state index contributed by atoms with van der Waals surface area (Å²) < 4.78 is 38.8. The Morgan fingerprint density at radius 3 is 2.76 bits per heavy atom. The third-order valence-corrected chi connectivity index (χ3v) is 5.40. The molecule has 1 unspecified atom stereocenters. The van der Waals surface area contributed by atoms with Crippen molar-refractivity contribution in [2.75, 3.05) is 13.7 Å². The molecule has 8 nitrogen and oxygen atoms in total. The van der Waals surface area contributed by atoms with Crippen molar-refractivity contribution in [3.05, 3.63) is 58.1 Å². The molecule has 1 aliphatic heterocycles.